The minimum atomic E-state index is -0.360. The van der Waals surface area contributed by atoms with Gasteiger partial charge in [-0.25, -0.2) is 4.79 Å². The standard InChI is InChI=1S/C18H25N3O2/c1-13(21-12-11-14-7-5-6-10-16(14)21)17(22)20-18(23)19-15-8-3-2-4-9-15/h5-7,10,13,15H,2-4,8-9,11-12H2,1H3,(H2,19,20,22,23). The van der Waals surface area contributed by atoms with Crippen LogP contribution in [0.3, 0.4) is 0 Å². The molecule has 3 rings (SSSR count). The molecule has 1 fully saturated rings. The lowest BCUT2D eigenvalue weighted by molar-refractivity contribution is -0.121. The van der Waals surface area contributed by atoms with Crippen molar-refractivity contribution in [3.05, 3.63) is 29.8 Å². The molecule has 1 atom stereocenters. The molecule has 124 valence electrons. The van der Waals surface area contributed by atoms with E-state index in [1.165, 1.54) is 12.0 Å². The van der Waals surface area contributed by atoms with Gasteiger partial charge in [0.1, 0.15) is 6.04 Å². The van der Waals surface area contributed by atoms with Crippen molar-refractivity contribution >= 4 is 17.6 Å². The SMILES string of the molecule is CC(C(=O)NC(=O)NC1CCCCC1)N1CCc2ccccc21. The number of nitrogens with zero attached hydrogens (tertiary/aromatic N) is 1. The lowest BCUT2D eigenvalue weighted by atomic mass is 9.96. The summed E-state index contributed by atoms with van der Waals surface area (Å²) in [5.41, 5.74) is 2.36. The molecule has 1 aromatic rings. The molecule has 1 heterocycles. The molecule has 1 aliphatic carbocycles. The fraction of sp³-hybridized carbons (Fsp3) is 0.556. The summed E-state index contributed by atoms with van der Waals surface area (Å²) in [4.78, 5) is 26.5. The number of para-hydroxylation sites is 1. The largest absolute Gasteiger partial charge is 0.359 e. The van der Waals surface area contributed by atoms with Crippen LogP contribution in [-0.2, 0) is 11.2 Å². The van der Waals surface area contributed by atoms with Crippen molar-refractivity contribution in [3.8, 4) is 0 Å². The van der Waals surface area contributed by atoms with Gasteiger partial charge in [-0.05, 0) is 37.8 Å². The lowest BCUT2D eigenvalue weighted by Crippen LogP contribution is -2.51. The molecule has 1 aromatic carbocycles. The van der Waals surface area contributed by atoms with Gasteiger partial charge < -0.3 is 10.2 Å². The molecule has 1 unspecified atom stereocenters. The molecular weight excluding hydrogens is 290 g/mol. The molecule has 23 heavy (non-hydrogen) atoms. The maximum Gasteiger partial charge on any atom is 0.321 e. The van der Waals surface area contributed by atoms with Crippen LogP contribution in [0, 0.1) is 0 Å². The van der Waals surface area contributed by atoms with Crippen molar-refractivity contribution in [1.82, 2.24) is 10.6 Å². The first-order valence-corrected chi connectivity index (χ1v) is 8.61. The predicted octanol–water partition coefficient (Wildman–Crippen LogP) is 2.60. The lowest BCUT2D eigenvalue weighted by Gasteiger charge is -2.27. The molecular formula is C18H25N3O2. The normalized spacial score (nSPS) is 19.1. The van der Waals surface area contributed by atoms with Gasteiger partial charge in [-0.1, -0.05) is 37.5 Å². The average molecular weight is 315 g/mol. The number of hydrogen-bond acceptors (Lipinski definition) is 3. The number of fused-ring (bicyclic) bond motifs is 1. The summed E-state index contributed by atoms with van der Waals surface area (Å²) >= 11 is 0. The quantitative estimate of drug-likeness (QED) is 0.901. The average Bonchev–Trinajstić information content (AvgIpc) is 2.99. The smallest absolute Gasteiger partial charge is 0.321 e. The maximum absolute atomic E-state index is 12.4. The molecule has 0 bridgehead atoms. The maximum atomic E-state index is 12.4. The van der Waals surface area contributed by atoms with Crippen molar-refractivity contribution in [2.24, 2.45) is 0 Å². The Morgan fingerprint density at radius 1 is 1.17 bits per heavy atom. The monoisotopic (exact) mass is 315 g/mol. The highest BCUT2D eigenvalue weighted by atomic mass is 16.2. The number of urea groups is 1. The first kappa shape index (κ1) is 15.8. The number of imide groups is 1. The van der Waals surface area contributed by atoms with Crippen molar-refractivity contribution in [3.63, 3.8) is 0 Å². The highest BCUT2D eigenvalue weighted by Crippen LogP contribution is 2.29. The molecule has 5 heteroatoms. The number of anilines is 1. The van der Waals surface area contributed by atoms with Crippen LogP contribution in [-0.4, -0.2) is 30.6 Å². The Bertz CT molecular complexity index is 581. The van der Waals surface area contributed by atoms with Crippen LogP contribution in [0.2, 0.25) is 0 Å². The molecule has 1 saturated carbocycles. The highest BCUT2D eigenvalue weighted by Gasteiger charge is 2.28. The minimum absolute atomic E-state index is 0.208. The van der Waals surface area contributed by atoms with Crippen LogP contribution in [0.1, 0.15) is 44.6 Å². The first-order chi connectivity index (χ1) is 11.1. The van der Waals surface area contributed by atoms with Crippen molar-refractivity contribution < 1.29 is 9.59 Å². The van der Waals surface area contributed by atoms with Gasteiger partial charge in [0.2, 0.25) is 5.91 Å². The fourth-order valence-corrected chi connectivity index (χ4v) is 3.59. The second kappa shape index (κ2) is 7.02. The van der Waals surface area contributed by atoms with E-state index in [1.807, 2.05) is 25.1 Å². The number of carbonyl (C=O) groups excluding carboxylic acids is 2. The summed E-state index contributed by atoms with van der Waals surface area (Å²) in [5.74, 6) is -0.241. The summed E-state index contributed by atoms with van der Waals surface area (Å²) in [5, 5.41) is 5.43. The van der Waals surface area contributed by atoms with Crippen molar-refractivity contribution in [2.75, 3.05) is 11.4 Å². The molecule has 5 nitrogen and oxygen atoms in total. The van der Waals surface area contributed by atoms with Crippen LogP contribution >= 0.6 is 0 Å². The van der Waals surface area contributed by atoms with Crippen LogP contribution in [0.25, 0.3) is 0 Å². The van der Waals surface area contributed by atoms with E-state index in [4.69, 9.17) is 0 Å². The van der Waals surface area contributed by atoms with E-state index < -0.39 is 0 Å². The van der Waals surface area contributed by atoms with E-state index >= 15 is 0 Å². The zero-order valence-corrected chi connectivity index (χ0v) is 13.7. The van der Waals surface area contributed by atoms with Gasteiger partial charge in [-0.15, -0.1) is 0 Å². The third-order valence-corrected chi connectivity index (χ3v) is 4.95. The van der Waals surface area contributed by atoms with Gasteiger partial charge in [0.15, 0.2) is 0 Å². The topological polar surface area (TPSA) is 61.4 Å². The van der Waals surface area contributed by atoms with Gasteiger partial charge in [-0.3, -0.25) is 10.1 Å². The Hall–Kier alpha value is -2.04. The second-order valence-electron chi connectivity index (χ2n) is 6.55. The van der Waals surface area contributed by atoms with Gasteiger partial charge in [0.05, 0.1) is 0 Å². The molecule has 1 aliphatic heterocycles. The van der Waals surface area contributed by atoms with Crippen LogP contribution in [0.15, 0.2) is 24.3 Å². The summed E-state index contributed by atoms with van der Waals surface area (Å²) in [6.45, 7) is 2.67. The van der Waals surface area contributed by atoms with E-state index in [0.29, 0.717) is 0 Å². The Balaban J connectivity index is 1.54. The highest BCUT2D eigenvalue weighted by molar-refractivity contribution is 5.98. The summed E-state index contributed by atoms with van der Waals surface area (Å²) in [6, 6.07) is 7.63. The van der Waals surface area contributed by atoms with E-state index in [0.717, 1.165) is 44.3 Å². The third kappa shape index (κ3) is 3.66. The van der Waals surface area contributed by atoms with Crippen LogP contribution in [0.5, 0.6) is 0 Å². The zero-order chi connectivity index (χ0) is 16.2. The van der Waals surface area contributed by atoms with Gasteiger partial charge in [0, 0.05) is 18.3 Å². The van der Waals surface area contributed by atoms with Gasteiger partial charge in [-0.2, -0.15) is 0 Å². The molecule has 0 spiro atoms. The molecule has 3 amide bonds. The number of nitrogens with one attached hydrogen (secondary N) is 2. The van der Waals surface area contributed by atoms with Crippen LogP contribution in [0.4, 0.5) is 10.5 Å². The number of amides is 3. The molecule has 0 saturated heterocycles. The van der Waals surface area contributed by atoms with Crippen LogP contribution < -0.4 is 15.5 Å². The molecule has 2 aliphatic rings. The number of hydrogen-bond donors (Lipinski definition) is 2. The van der Waals surface area contributed by atoms with Gasteiger partial charge in [0.25, 0.3) is 0 Å². The summed E-state index contributed by atoms with van der Waals surface area (Å²) in [7, 11) is 0. The minimum Gasteiger partial charge on any atom is -0.359 e. The Kier molecular flexibility index (Phi) is 4.84. The van der Waals surface area contributed by atoms with Crippen molar-refractivity contribution in [2.45, 2.75) is 57.5 Å². The Morgan fingerprint density at radius 3 is 2.70 bits per heavy atom. The predicted molar refractivity (Wildman–Crippen MR) is 90.5 cm³/mol. The molecule has 0 aromatic heterocycles. The second-order valence-corrected chi connectivity index (χ2v) is 6.55. The molecule has 0 radical (unpaired) electrons. The van der Waals surface area contributed by atoms with Crippen molar-refractivity contribution in [1.29, 1.82) is 0 Å². The zero-order valence-electron chi connectivity index (χ0n) is 13.7. The van der Waals surface area contributed by atoms with Gasteiger partial charge >= 0.3 is 6.03 Å². The Labute approximate surface area is 137 Å². The van der Waals surface area contributed by atoms with E-state index in [-0.39, 0.29) is 24.0 Å². The van der Waals surface area contributed by atoms with E-state index in [1.54, 1.807) is 0 Å². The van der Waals surface area contributed by atoms with E-state index in [9.17, 15) is 9.59 Å². The summed E-state index contributed by atoms with van der Waals surface area (Å²) in [6.07, 6.45) is 6.51. The van der Waals surface area contributed by atoms with E-state index in [2.05, 4.69) is 21.6 Å². The number of benzene rings is 1. The summed E-state index contributed by atoms with van der Waals surface area (Å²) < 4.78 is 0. The number of carbonyl (C=O) groups is 2. The first-order valence-electron chi connectivity index (χ1n) is 8.61. The fourth-order valence-electron chi connectivity index (χ4n) is 3.59. The molecule has 2 N–H and O–H groups in total. The number of rotatable bonds is 3. The Morgan fingerprint density at radius 2 is 1.91 bits per heavy atom. The third-order valence-electron chi connectivity index (χ3n) is 4.95.